The van der Waals surface area contributed by atoms with Crippen LogP contribution >= 0.6 is 0 Å². The van der Waals surface area contributed by atoms with Crippen LogP contribution in [0.25, 0.3) is 0 Å². The first-order valence-electron chi connectivity index (χ1n) is 11.9. The highest BCUT2D eigenvalue weighted by atomic mass is 16.4. The van der Waals surface area contributed by atoms with E-state index in [9.17, 15) is 14.4 Å². The molecule has 8 heteroatoms. The van der Waals surface area contributed by atoms with Crippen molar-refractivity contribution < 1.29 is 19.5 Å². The van der Waals surface area contributed by atoms with Crippen LogP contribution in [0.3, 0.4) is 0 Å². The Morgan fingerprint density at radius 3 is 2.38 bits per heavy atom. The number of carbonyl (C=O) groups is 3. The lowest BCUT2D eigenvalue weighted by molar-refractivity contribution is -0.137. The maximum Gasteiger partial charge on any atom is 0.303 e. The predicted octanol–water partition coefficient (Wildman–Crippen LogP) is 3.31. The highest BCUT2D eigenvalue weighted by Gasteiger charge is 2.21. The molecule has 3 rings (SSSR count). The summed E-state index contributed by atoms with van der Waals surface area (Å²) in [6.45, 7) is 5.46. The third-order valence-corrected chi connectivity index (χ3v) is 6.03. The number of fused-ring (bicyclic) bond motifs is 1. The van der Waals surface area contributed by atoms with E-state index in [0.717, 1.165) is 42.9 Å². The monoisotopic (exact) mass is 466 g/mol. The number of aromatic nitrogens is 1. The molecule has 0 bridgehead atoms. The molecule has 0 saturated carbocycles. The van der Waals surface area contributed by atoms with Gasteiger partial charge in [-0.2, -0.15) is 0 Å². The molecular weight excluding hydrogens is 432 g/mol. The quantitative estimate of drug-likeness (QED) is 0.702. The predicted molar refractivity (Wildman–Crippen MR) is 130 cm³/mol. The Morgan fingerprint density at radius 1 is 0.941 bits per heavy atom. The van der Waals surface area contributed by atoms with E-state index >= 15 is 0 Å². The van der Waals surface area contributed by atoms with Crippen molar-refractivity contribution in [1.29, 1.82) is 0 Å². The Kier molecular flexibility index (Phi) is 9.58. The van der Waals surface area contributed by atoms with Gasteiger partial charge < -0.3 is 14.9 Å². The van der Waals surface area contributed by atoms with Gasteiger partial charge in [0.1, 0.15) is 0 Å². The molecule has 1 N–H and O–H groups in total. The Labute approximate surface area is 201 Å². The van der Waals surface area contributed by atoms with Gasteiger partial charge in [0.2, 0.25) is 11.8 Å². The summed E-state index contributed by atoms with van der Waals surface area (Å²) in [5.74, 6) is -0.979. The third-order valence-electron chi connectivity index (χ3n) is 6.03. The van der Waals surface area contributed by atoms with Gasteiger partial charge in [-0.05, 0) is 43.0 Å². The van der Waals surface area contributed by atoms with Crippen LogP contribution in [-0.4, -0.2) is 63.9 Å². The first-order chi connectivity index (χ1) is 16.4. The summed E-state index contributed by atoms with van der Waals surface area (Å²) in [5.41, 5.74) is 2.75. The fourth-order valence-corrected chi connectivity index (χ4v) is 4.33. The number of hydrogen-bond donors (Lipinski definition) is 1. The standard InChI is InChI=1S/C26H34N4O4/c1-21(31)30-18-8-16-28(20-23-10-4-5-14-27-23)15-7-17-29(25(32)12-6-13-26(33)34)19-22-9-2-3-11-24(22)30/h2-5,9-11,14H,6-8,12-13,15-20H2,1H3,(H,33,34). The fraction of sp³-hybridized carbons (Fsp3) is 0.462. The smallest absolute Gasteiger partial charge is 0.303 e. The number of nitrogens with zero attached hydrogens (tertiary/aromatic N) is 4. The number of amides is 2. The average molecular weight is 467 g/mol. The summed E-state index contributed by atoms with van der Waals surface area (Å²) in [6, 6.07) is 13.6. The van der Waals surface area contributed by atoms with E-state index < -0.39 is 5.97 Å². The molecule has 1 aliphatic heterocycles. The number of carbonyl (C=O) groups excluding carboxylic acids is 2. The van der Waals surface area contributed by atoms with Crippen molar-refractivity contribution in [3.05, 3.63) is 59.9 Å². The Bertz CT molecular complexity index is 966. The highest BCUT2D eigenvalue weighted by Crippen LogP contribution is 2.24. The van der Waals surface area contributed by atoms with Crippen molar-refractivity contribution in [2.24, 2.45) is 0 Å². The molecular formula is C26H34N4O4. The minimum atomic E-state index is -0.894. The number of aliphatic carboxylic acids is 1. The lowest BCUT2D eigenvalue weighted by Gasteiger charge is -2.31. The molecule has 2 heterocycles. The van der Waals surface area contributed by atoms with Gasteiger partial charge in [0.05, 0.1) is 5.69 Å². The van der Waals surface area contributed by atoms with Gasteiger partial charge in [0.15, 0.2) is 0 Å². The number of hydrogen-bond acceptors (Lipinski definition) is 5. The molecule has 8 nitrogen and oxygen atoms in total. The van der Waals surface area contributed by atoms with Crippen LogP contribution in [0.2, 0.25) is 0 Å². The second-order valence-corrected chi connectivity index (χ2v) is 8.67. The van der Waals surface area contributed by atoms with Crippen LogP contribution < -0.4 is 4.90 Å². The molecule has 1 aliphatic rings. The van der Waals surface area contributed by atoms with Gasteiger partial charge in [-0.15, -0.1) is 0 Å². The first-order valence-corrected chi connectivity index (χ1v) is 11.9. The van der Waals surface area contributed by atoms with E-state index in [1.165, 1.54) is 0 Å². The zero-order valence-corrected chi connectivity index (χ0v) is 19.9. The molecule has 0 radical (unpaired) electrons. The zero-order chi connectivity index (χ0) is 24.3. The maximum absolute atomic E-state index is 13.0. The lowest BCUT2D eigenvalue weighted by Crippen LogP contribution is -2.38. The summed E-state index contributed by atoms with van der Waals surface area (Å²) in [6.07, 6.45) is 3.92. The maximum atomic E-state index is 13.0. The van der Waals surface area contributed by atoms with Crippen molar-refractivity contribution in [2.45, 2.75) is 52.1 Å². The third kappa shape index (κ3) is 7.66. The molecule has 0 aliphatic carbocycles. The van der Waals surface area contributed by atoms with Crippen molar-refractivity contribution in [1.82, 2.24) is 14.8 Å². The SMILES string of the molecule is CC(=O)N1CCCN(Cc2ccccn2)CCCN(C(=O)CCCC(=O)O)Cc2ccccc21. The second-order valence-electron chi connectivity index (χ2n) is 8.67. The van der Waals surface area contributed by atoms with Gasteiger partial charge in [-0.3, -0.25) is 24.3 Å². The number of carboxylic acid groups (broad SMARTS) is 1. The Morgan fingerprint density at radius 2 is 1.68 bits per heavy atom. The molecule has 0 spiro atoms. The van der Waals surface area contributed by atoms with E-state index in [0.29, 0.717) is 32.6 Å². The topological polar surface area (TPSA) is 94.1 Å². The van der Waals surface area contributed by atoms with Crippen LogP contribution in [0, 0.1) is 0 Å². The number of anilines is 1. The largest absolute Gasteiger partial charge is 0.481 e. The molecule has 0 atom stereocenters. The number of para-hydroxylation sites is 1. The highest BCUT2D eigenvalue weighted by molar-refractivity contribution is 5.92. The first kappa shape index (κ1) is 25.4. The van der Waals surface area contributed by atoms with E-state index in [4.69, 9.17) is 5.11 Å². The Hall–Kier alpha value is -3.26. The van der Waals surface area contributed by atoms with E-state index in [-0.39, 0.29) is 24.7 Å². The van der Waals surface area contributed by atoms with E-state index in [2.05, 4.69) is 9.88 Å². The molecule has 182 valence electrons. The summed E-state index contributed by atoms with van der Waals surface area (Å²) in [5, 5.41) is 8.93. The van der Waals surface area contributed by atoms with Crippen molar-refractivity contribution in [3.8, 4) is 0 Å². The van der Waals surface area contributed by atoms with Gasteiger partial charge >= 0.3 is 5.97 Å². The Balaban J connectivity index is 1.82. The normalized spacial score (nSPS) is 15.7. The van der Waals surface area contributed by atoms with Gasteiger partial charge in [0.25, 0.3) is 0 Å². The van der Waals surface area contributed by atoms with Crippen LogP contribution in [0.1, 0.15) is 50.3 Å². The van der Waals surface area contributed by atoms with Gasteiger partial charge in [-0.1, -0.05) is 24.3 Å². The molecule has 1 aromatic heterocycles. The number of carboxylic acids is 1. The summed E-state index contributed by atoms with van der Waals surface area (Å²) >= 11 is 0. The number of benzene rings is 1. The van der Waals surface area contributed by atoms with Crippen LogP contribution in [0.5, 0.6) is 0 Å². The molecule has 2 amide bonds. The minimum Gasteiger partial charge on any atom is -0.481 e. The lowest BCUT2D eigenvalue weighted by atomic mass is 10.1. The molecule has 34 heavy (non-hydrogen) atoms. The molecule has 0 fully saturated rings. The van der Waals surface area contributed by atoms with Crippen molar-refractivity contribution >= 4 is 23.5 Å². The zero-order valence-electron chi connectivity index (χ0n) is 19.9. The summed E-state index contributed by atoms with van der Waals surface area (Å²) in [7, 11) is 0. The van der Waals surface area contributed by atoms with E-state index in [1.807, 2.05) is 42.5 Å². The molecule has 0 saturated heterocycles. The van der Waals surface area contributed by atoms with Gasteiger partial charge in [-0.25, -0.2) is 0 Å². The summed E-state index contributed by atoms with van der Waals surface area (Å²) in [4.78, 5) is 46.8. The number of pyridine rings is 1. The molecule has 2 aromatic rings. The summed E-state index contributed by atoms with van der Waals surface area (Å²) < 4.78 is 0. The second kappa shape index (κ2) is 12.8. The number of rotatable bonds is 6. The van der Waals surface area contributed by atoms with E-state index in [1.54, 1.807) is 22.9 Å². The van der Waals surface area contributed by atoms with Crippen molar-refractivity contribution in [2.75, 3.05) is 31.1 Å². The molecule has 1 aromatic carbocycles. The average Bonchev–Trinajstić information content (AvgIpc) is 2.80. The minimum absolute atomic E-state index is 0.0217. The van der Waals surface area contributed by atoms with Gasteiger partial charge in [0, 0.05) is 70.9 Å². The van der Waals surface area contributed by atoms with Crippen LogP contribution in [-0.2, 0) is 27.5 Å². The van der Waals surface area contributed by atoms with Crippen LogP contribution in [0.15, 0.2) is 48.7 Å². The van der Waals surface area contributed by atoms with Crippen molar-refractivity contribution in [3.63, 3.8) is 0 Å². The fourth-order valence-electron chi connectivity index (χ4n) is 4.33. The van der Waals surface area contributed by atoms with Crippen LogP contribution in [0.4, 0.5) is 5.69 Å². The molecule has 0 unspecified atom stereocenters.